The summed E-state index contributed by atoms with van der Waals surface area (Å²) in [7, 11) is 0. The van der Waals surface area contributed by atoms with Crippen molar-refractivity contribution in [1.82, 2.24) is 48.9 Å². The standard InChI is InChI=1S/C15H11Cl2N5O.C15H10Cl2N4O.C15H12ClN5O.C14H12Cl2N4O.C14H11Cl2N3O/c16-12-2-1-3-13(17)10(12)6-9(7-18)14-11(8-19)15(20)22(21-14)4-5-23;1-19-14(7-11-12(16)3-2-4-13(11)17)15-10(8-18)9-21(20-15)5-6-22;1-19-13(8-10-4-2-3-5-12(10)16)14-11(9-17)15(18)21(20-14)6-7-22;1-18-12(7-9-10(15)3-2-4-11(9)16)13-8-14(17)20(19-13)5-6-21;1-17-14(13-5-6-19(18-13)7-8-20)9-10-11(15)3-2-4-12(10)16/h1-3,6,23H,4-5,20H2;2-4,7,9,22H,5-6H2;2-5,8,22H,6-7,18H2;2-4,7-8,21H,5-6,17H2;2-6,9,20H,7-8H2/b9-6+;;;;. The van der Waals surface area contributed by atoms with Crippen molar-refractivity contribution in [1.29, 1.82) is 21.0 Å². The van der Waals surface area contributed by atoms with Gasteiger partial charge in [0.1, 0.15) is 69.9 Å². The number of hydrogen-bond acceptors (Lipinski definition) is 17. The number of nitrogen functional groups attached to an aromatic ring is 3. The number of aliphatic hydroxyl groups is 5. The van der Waals surface area contributed by atoms with Crippen molar-refractivity contribution in [3.8, 4) is 24.3 Å². The van der Waals surface area contributed by atoms with E-state index in [0.717, 1.165) is 0 Å². The van der Waals surface area contributed by atoms with Crippen molar-refractivity contribution in [2.75, 3.05) is 50.2 Å². The zero-order valence-electron chi connectivity index (χ0n) is 55.9. The number of halogens is 9. The molecular formula is C73H56Cl9N21O5. The largest absolute Gasteiger partial charge is 0.394 e. The average Bonchev–Trinajstić information content (AvgIpc) is 1.66. The number of nitriles is 4. The molecule has 5 heterocycles. The van der Waals surface area contributed by atoms with Crippen LogP contribution in [-0.2, 0) is 32.7 Å². The van der Waals surface area contributed by atoms with Gasteiger partial charge < -0.3 is 42.7 Å². The molecule has 0 saturated heterocycles. The van der Waals surface area contributed by atoms with E-state index in [1.807, 2.05) is 24.3 Å². The normalized spacial score (nSPS) is 11.2. The zero-order chi connectivity index (χ0) is 79.1. The highest BCUT2D eigenvalue weighted by molar-refractivity contribution is 6.39. The SMILES string of the molecule is N#C/C(=C\c1c(Cl)cccc1Cl)c1nn(CCO)c(N)c1C#N.[C-]#[N+]C(=Cc1c(Cl)cccc1Cl)c1cc(N)n(CCO)n1.[C-]#[N+]C(=Cc1c(Cl)cccc1Cl)c1ccn(CCO)n1.[C-]#[N+]C(=Cc1c(Cl)cccc1Cl)c1nn(CCO)cc1C#N.[C-]#[N+]C(=Cc1ccccc1Cl)c1nn(CCO)c(N)c1C#N. The van der Waals surface area contributed by atoms with Crippen molar-refractivity contribution in [3.63, 3.8) is 0 Å². The molecule has 10 rings (SSSR count). The van der Waals surface area contributed by atoms with Crippen LogP contribution in [0.3, 0.4) is 0 Å². The molecule has 0 aliphatic rings. The van der Waals surface area contributed by atoms with Crippen molar-refractivity contribution in [2.45, 2.75) is 32.7 Å². The summed E-state index contributed by atoms with van der Waals surface area (Å²) in [5.74, 6) is 0.585. The Morgan fingerprint density at radius 2 is 0.796 bits per heavy atom. The minimum atomic E-state index is -0.196. The number of aliphatic hydroxyl groups excluding tert-OH is 5. The first-order chi connectivity index (χ1) is 52.0. The molecule has 0 spiro atoms. The molecule has 10 aromatic rings. The Hall–Kier alpha value is -11.4. The van der Waals surface area contributed by atoms with E-state index in [4.69, 9.17) is 173 Å². The van der Waals surface area contributed by atoms with Crippen molar-refractivity contribution in [3.05, 3.63) is 285 Å². The van der Waals surface area contributed by atoms with Crippen LogP contribution >= 0.6 is 104 Å². The number of nitrogens with zero attached hydrogens (tertiary/aromatic N) is 18. The van der Waals surface area contributed by atoms with Gasteiger partial charge in [0.05, 0.1) is 115 Å². The molecule has 546 valence electrons. The lowest BCUT2D eigenvalue weighted by Crippen LogP contribution is -2.07. The number of rotatable bonds is 20. The Morgan fingerprint density at radius 1 is 0.407 bits per heavy atom. The third-order valence-corrected chi connectivity index (χ3v) is 17.3. The summed E-state index contributed by atoms with van der Waals surface area (Å²) >= 11 is 54.8. The maximum Gasteiger partial charge on any atom is 0.216 e. The first-order valence-corrected chi connectivity index (χ1v) is 34.3. The third-order valence-electron chi connectivity index (χ3n) is 14.3. The summed E-state index contributed by atoms with van der Waals surface area (Å²) in [6.45, 7) is 29.8. The Labute approximate surface area is 663 Å². The second-order valence-electron chi connectivity index (χ2n) is 21.2. The fourth-order valence-corrected chi connectivity index (χ4v) is 11.4. The summed E-state index contributed by atoms with van der Waals surface area (Å²) in [4.78, 5) is 13.8. The van der Waals surface area contributed by atoms with Crippen LogP contribution in [0.2, 0.25) is 45.2 Å². The maximum atomic E-state index is 9.42. The van der Waals surface area contributed by atoms with Gasteiger partial charge >= 0.3 is 0 Å². The van der Waals surface area contributed by atoms with Gasteiger partial charge in [0.25, 0.3) is 0 Å². The number of nitrogens with two attached hydrogens (primary N) is 3. The lowest BCUT2D eigenvalue weighted by atomic mass is 10.1. The quantitative estimate of drug-likeness (QED) is 0.0259. The molecule has 0 amide bonds. The minimum Gasteiger partial charge on any atom is -0.394 e. The molecule has 0 fully saturated rings. The Kier molecular flexibility index (Phi) is 33.8. The van der Waals surface area contributed by atoms with E-state index in [-0.39, 0.29) is 127 Å². The monoisotopic (exact) mass is 1620 g/mol. The van der Waals surface area contributed by atoms with Gasteiger partial charge in [0, 0.05) is 79.9 Å². The van der Waals surface area contributed by atoms with E-state index in [1.165, 1.54) is 37.1 Å². The molecule has 5 aromatic carbocycles. The number of allylic oxidation sites excluding steroid dienone is 1. The van der Waals surface area contributed by atoms with E-state index in [0.29, 0.717) is 102 Å². The van der Waals surface area contributed by atoms with Crippen LogP contribution in [-0.4, -0.2) is 107 Å². The van der Waals surface area contributed by atoms with Gasteiger partial charge in [0.15, 0.2) is 0 Å². The molecule has 11 N–H and O–H groups in total. The van der Waals surface area contributed by atoms with Gasteiger partial charge in [-0.3, -0.25) is 9.36 Å². The van der Waals surface area contributed by atoms with Crippen molar-refractivity contribution >= 4 is 181 Å². The molecule has 0 atom stereocenters. The second kappa shape index (κ2) is 42.7. The van der Waals surface area contributed by atoms with Gasteiger partial charge in [-0.2, -0.15) is 46.5 Å². The van der Waals surface area contributed by atoms with Gasteiger partial charge in [-0.05, 0) is 103 Å². The lowest BCUT2D eigenvalue weighted by molar-refractivity contribution is 0.269. The molecular weight excluding hydrogens is 1570 g/mol. The lowest BCUT2D eigenvalue weighted by Gasteiger charge is -2.02. The fraction of sp³-hybridized carbons (Fsp3) is 0.137. The Morgan fingerprint density at radius 3 is 1.22 bits per heavy atom. The third kappa shape index (κ3) is 22.6. The van der Waals surface area contributed by atoms with Crippen molar-refractivity contribution in [2.24, 2.45) is 0 Å². The van der Waals surface area contributed by atoms with Gasteiger partial charge in [-0.1, -0.05) is 147 Å². The smallest absolute Gasteiger partial charge is 0.216 e. The van der Waals surface area contributed by atoms with E-state index in [1.54, 1.807) is 138 Å². The highest BCUT2D eigenvalue weighted by Gasteiger charge is 2.23. The van der Waals surface area contributed by atoms with E-state index >= 15 is 0 Å². The molecule has 5 aromatic heterocycles. The minimum absolute atomic E-state index is 0.00543. The summed E-state index contributed by atoms with van der Waals surface area (Å²) in [5.41, 5.74) is 23.1. The van der Waals surface area contributed by atoms with Crippen LogP contribution in [0, 0.1) is 71.6 Å². The summed E-state index contributed by atoms with van der Waals surface area (Å²) < 4.78 is 7.00. The number of hydrogen-bond donors (Lipinski definition) is 8. The number of anilines is 3. The average molecular weight is 1630 g/mol. The van der Waals surface area contributed by atoms with Crippen LogP contribution in [0.25, 0.3) is 78.1 Å². The van der Waals surface area contributed by atoms with Crippen molar-refractivity contribution < 1.29 is 25.5 Å². The molecule has 35 heteroatoms. The second-order valence-corrected chi connectivity index (χ2v) is 24.9. The van der Waals surface area contributed by atoms with E-state index in [2.05, 4.69) is 44.9 Å². The Bertz CT molecular complexity index is 5360. The van der Waals surface area contributed by atoms with Gasteiger partial charge in [-0.25, -0.2) is 33.4 Å². The molecule has 0 bridgehead atoms. The molecule has 0 unspecified atom stereocenters. The predicted octanol–water partition coefficient (Wildman–Crippen LogP) is 15.4. The van der Waals surface area contributed by atoms with Gasteiger partial charge in [0.2, 0.25) is 22.8 Å². The van der Waals surface area contributed by atoms with Crippen LogP contribution in [0.4, 0.5) is 17.5 Å². The fourth-order valence-electron chi connectivity index (χ4n) is 9.21. The molecule has 0 aliphatic heterocycles. The highest BCUT2D eigenvalue weighted by atomic mass is 35.5. The summed E-state index contributed by atoms with van der Waals surface area (Å²) in [5, 5.41) is 107. The van der Waals surface area contributed by atoms with Crippen LogP contribution in [0.5, 0.6) is 0 Å². The van der Waals surface area contributed by atoms with Crippen LogP contribution < -0.4 is 17.2 Å². The Balaban J connectivity index is 0.000000211. The molecule has 108 heavy (non-hydrogen) atoms. The van der Waals surface area contributed by atoms with E-state index in [9.17, 15) is 21.0 Å². The highest BCUT2D eigenvalue weighted by Crippen LogP contribution is 2.36. The molecule has 0 aliphatic carbocycles. The van der Waals surface area contributed by atoms with Gasteiger partial charge in [-0.15, -0.1) is 0 Å². The molecule has 0 radical (unpaired) electrons. The van der Waals surface area contributed by atoms with Crippen LogP contribution in [0.1, 0.15) is 73.0 Å². The summed E-state index contributed by atoms with van der Waals surface area (Å²) in [6.07, 6.45) is 10.9. The number of aromatic nitrogens is 10. The maximum absolute atomic E-state index is 9.42. The number of benzene rings is 5. The molecule has 26 nitrogen and oxygen atoms in total. The topological polar surface area (TPSA) is 381 Å². The zero-order valence-corrected chi connectivity index (χ0v) is 62.7. The molecule has 0 saturated carbocycles. The van der Waals surface area contributed by atoms with E-state index < -0.39 is 0 Å². The van der Waals surface area contributed by atoms with Crippen LogP contribution in [0.15, 0.2) is 122 Å². The summed E-state index contributed by atoms with van der Waals surface area (Å²) in [6, 6.07) is 38.4. The first-order valence-electron chi connectivity index (χ1n) is 30.9. The predicted molar refractivity (Wildman–Crippen MR) is 423 cm³/mol. The first kappa shape index (κ1) is 85.5.